The number of nitrogens with zero attached hydrogens (tertiary/aromatic N) is 2. The zero-order chi connectivity index (χ0) is 12.1. The fraction of sp³-hybridized carbons (Fsp3) is 0.636. The van der Waals surface area contributed by atoms with Crippen LogP contribution < -0.4 is 10.1 Å². The summed E-state index contributed by atoms with van der Waals surface area (Å²) in [5, 5.41) is 3.88. The fourth-order valence-corrected chi connectivity index (χ4v) is 4.79. The van der Waals surface area contributed by atoms with Gasteiger partial charge in [-0.25, -0.2) is 4.98 Å². The number of hydrogen-bond donors (Lipinski definition) is 1. The van der Waals surface area contributed by atoms with E-state index in [1.54, 1.807) is 19.5 Å². The molecule has 2 unspecified atom stereocenters. The maximum atomic E-state index is 5.29. The zero-order valence-electron chi connectivity index (χ0n) is 10.0. The summed E-state index contributed by atoms with van der Waals surface area (Å²) in [6, 6.07) is 0.205. The summed E-state index contributed by atoms with van der Waals surface area (Å²) in [7, 11) is 3.61. The number of rotatable bonds is 4. The summed E-state index contributed by atoms with van der Waals surface area (Å²) in [4.78, 5) is 8.64. The van der Waals surface area contributed by atoms with E-state index in [2.05, 4.69) is 15.3 Å². The summed E-state index contributed by atoms with van der Waals surface area (Å²) in [5.41, 5.74) is 0.914. The Kier molecular flexibility index (Phi) is 4.94. The Balaban J connectivity index is 2.21. The number of nitrogens with one attached hydrogen (secondary N) is 1. The summed E-state index contributed by atoms with van der Waals surface area (Å²) in [6.45, 7) is 0. The minimum absolute atomic E-state index is 0.205. The highest BCUT2D eigenvalue weighted by molar-refractivity contribution is 8.06. The van der Waals surface area contributed by atoms with E-state index in [9.17, 15) is 0 Å². The summed E-state index contributed by atoms with van der Waals surface area (Å²) in [5.74, 6) is 4.23. The third-order valence-electron chi connectivity index (χ3n) is 2.70. The molecule has 1 aromatic rings. The highest BCUT2D eigenvalue weighted by atomic mass is 32.2. The van der Waals surface area contributed by atoms with Gasteiger partial charge in [-0.3, -0.25) is 4.98 Å². The Morgan fingerprint density at radius 2 is 2.24 bits per heavy atom. The van der Waals surface area contributed by atoms with Crippen molar-refractivity contribution in [3.63, 3.8) is 0 Å². The van der Waals surface area contributed by atoms with Crippen LogP contribution in [0.25, 0.3) is 0 Å². The highest BCUT2D eigenvalue weighted by Gasteiger charge is 2.28. The minimum Gasteiger partial charge on any atom is -0.480 e. The van der Waals surface area contributed by atoms with Crippen LogP contribution in [0, 0.1) is 0 Å². The predicted molar refractivity (Wildman–Crippen MR) is 74.0 cm³/mol. The smallest absolute Gasteiger partial charge is 0.237 e. The standard InChI is InChI=1S/C11H17N3OS2/c1-12-9(8-7-16-5-6-17-8)10-11(15-2)14-4-3-13-10/h3-4,8-9,12H,5-7H2,1-2H3. The topological polar surface area (TPSA) is 47.0 Å². The Morgan fingerprint density at radius 3 is 2.88 bits per heavy atom. The lowest BCUT2D eigenvalue weighted by atomic mass is 10.1. The quantitative estimate of drug-likeness (QED) is 0.897. The van der Waals surface area contributed by atoms with E-state index in [0.717, 1.165) is 11.4 Å². The third-order valence-corrected chi connectivity index (χ3v) is 5.57. The van der Waals surface area contributed by atoms with Crippen molar-refractivity contribution < 1.29 is 4.74 Å². The van der Waals surface area contributed by atoms with E-state index in [-0.39, 0.29) is 6.04 Å². The van der Waals surface area contributed by atoms with Gasteiger partial charge < -0.3 is 10.1 Å². The minimum atomic E-state index is 0.205. The van der Waals surface area contributed by atoms with E-state index in [4.69, 9.17) is 4.74 Å². The molecule has 2 rings (SSSR count). The van der Waals surface area contributed by atoms with Gasteiger partial charge in [-0.05, 0) is 7.05 Å². The van der Waals surface area contributed by atoms with Crippen LogP contribution in [0.5, 0.6) is 5.88 Å². The lowest BCUT2D eigenvalue weighted by Gasteiger charge is -2.29. The van der Waals surface area contributed by atoms with Crippen LogP contribution in [0.2, 0.25) is 0 Å². The van der Waals surface area contributed by atoms with Gasteiger partial charge in [0.2, 0.25) is 5.88 Å². The van der Waals surface area contributed by atoms with E-state index in [1.807, 2.05) is 30.6 Å². The average molecular weight is 271 g/mol. The fourth-order valence-electron chi connectivity index (χ4n) is 1.90. The highest BCUT2D eigenvalue weighted by Crippen LogP contribution is 2.34. The van der Waals surface area contributed by atoms with Gasteiger partial charge in [0, 0.05) is 34.9 Å². The van der Waals surface area contributed by atoms with Crippen molar-refractivity contribution in [3.05, 3.63) is 18.1 Å². The molecular weight excluding hydrogens is 254 g/mol. The maximum absolute atomic E-state index is 5.29. The number of methoxy groups -OCH3 is 1. The van der Waals surface area contributed by atoms with Crippen molar-refractivity contribution in [2.45, 2.75) is 11.3 Å². The van der Waals surface area contributed by atoms with Gasteiger partial charge in [-0.2, -0.15) is 23.5 Å². The monoisotopic (exact) mass is 271 g/mol. The molecule has 2 atom stereocenters. The first-order valence-corrected chi connectivity index (χ1v) is 7.78. The maximum Gasteiger partial charge on any atom is 0.237 e. The lowest BCUT2D eigenvalue weighted by molar-refractivity contribution is 0.379. The Morgan fingerprint density at radius 1 is 1.41 bits per heavy atom. The van der Waals surface area contributed by atoms with Crippen LogP contribution >= 0.6 is 23.5 Å². The molecule has 17 heavy (non-hydrogen) atoms. The van der Waals surface area contributed by atoms with Crippen LogP contribution in [-0.4, -0.2) is 46.6 Å². The number of ether oxygens (including phenoxy) is 1. The molecule has 0 amide bonds. The van der Waals surface area contributed by atoms with Crippen molar-refractivity contribution in [2.24, 2.45) is 0 Å². The van der Waals surface area contributed by atoms with E-state index < -0.39 is 0 Å². The lowest BCUT2D eigenvalue weighted by Crippen LogP contribution is -2.32. The molecule has 4 nitrogen and oxygen atoms in total. The van der Waals surface area contributed by atoms with Gasteiger partial charge in [-0.1, -0.05) is 0 Å². The Hall–Kier alpha value is -0.460. The van der Waals surface area contributed by atoms with Crippen molar-refractivity contribution in [2.75, 3.05) is 31.4 Å². The van der Waals surface area contributed by atoms with Crippen LogP contribution in [0.15, 0.2) is 12.4 Å². The molecule has 0 bridgehead atoms. The molecule has 1 fully saturated rings. The zero-order valence-corrected chi connectivity index (χ0v) is 11.7. The van der Waals surface area contributed by atoms with Gasteiger partial charge in [0.1, 0.15) is 5.69 Å². The van der Waals surface area contributed by atoms with Crippen molar-refractivity contribution in [3.8, 4) is 5.88 Å². The Labute approximate surface area is 110 Å². The molecule has 1 saturated heterocycles. The Bertz CT molecular complexity index is 358. The first-order valence-electron chi connectivity index (χ1n) is 5.58. The molecule has 1 N–H and O–H groups in total. The average Bonchev–Trinajstić information content (AvgIpc) is 2.41. The largest absolute Gasteiger partial charge is 0.480 e. The number of aromatic nitrogens is 2. The second-order valence-corrected chi connectivity index (χ2v) is 6.20. The van der Waals surface area contributed by atoms with Gasteiger partial charge in [0.25, 0.3) is 0 Å². The summed E-state index contributed by atoms with van der Waals surface area (Å²) in [6.07, 6.45) is 3.39. The number of thioether (sulfide) groups is 2. The van der Waals surface area contributed by atoms with E-state index in [0.29, 0.717) is 11.1 Å². The van der Waals surface area contributed by atoms with Crippen LogP contribution in [0.4, 0.5) is 0 Å². The van der Waals surface area contributed by atoms with Crippen LogP contribution in [0.3, 0.4) is 0 Å². The predicted octanol–water partition coefficient (Wildman–Crippen LogP) is 1.59. The van der Waals surface area contributed by atoms with E-state index >= 15 is 0 Å². The molecule has 1 aliphatic rings. The molecule has 0 saturated carbocycles. The van der Waals surface area contributed by atoms with Gasteiger partial charge in [0.05, 0.1) is 13.2 Å². The van der Waals surface area contributed by atoms with Crippen LogP contribution in [0.1, 0.15) is 11.7 Å². The van der Waals surface area contributed by atoms with Gasteiger partial charge in [-0.15, -0.1) is 0 Å². The molecule has 0 radical (unpaired) electrons. The molecule has 94 valence electrons. The van der Waals surface area contributed by atoms with Crippen LogP contribution in [-0.2, 0) is 0 Å². The molecule has 0 spiro atoms. The molecular formula is C11H17N3OS2. The normalized spacial score (nSPS) is 22.1. The molecule has 6 heteroatoms. The second kappa shape index (κ2) is 6.47. The van der Waals surface area contributed by atoms with Gasteiger partial charge >= 0.3 is 0 Å². The summed E-state index contributed by atoms with van der Waals surface area (Å²) >= 11 is 4.01. The van der Waals surface area contributed by atoms with Crippen molar-refractivity contribution in [1.29, 1.82) is 0 Å². The number of hydrogen-bond acceptors (Lipinski definition) is 6. The molecule has 2 heterocycles. The van der Waals surface area contributed by atoms with Crippen molar-refractivity contribution >= 4 is 23.5 Å². The first kappa shape index (κ1) is 13.0. The second-order valence-electron chi connectivity index (χ2n) is 3.70. The molecule has 0 aliphatic carbocycles. The summed E-state index contributed by atoms with van der Waals surface area (Å²) < 4.78 is 5.29. The SMILES string of the molecule is CNC(c1nccnc1OC)C1CSCCS1. The third kappa shape index (κ3) is 3.05. The molecule has 1 aliphatic heterocycles. The van der Waals surface area contributed by atoms with Gasteiger partial charge in [0.15, 0.2) is 0 Å². The van der Waals surface area contributed by atoms with Crippen molar-refractivity contribution in [1.82, 2.24) is 15.3 Å². The first-order chi connectivity index (χ1) is 8.36. The van der Waals surface area contributed by atoms with E-state index in [1.165, 1.54) is 11.5 Å². The molecule has 1 aromatic heterocycles. The molecule has 0 aromatic carbocycles.